The molecule has 0 radical (unpaired) electrons. The summed E-state index contributed by atoms with van der Waals surface area (Å²) < 4.78 is 4.88. The van der Waals surface area contributed by atoms with E-state index in [4.69, 9.17) is 4.74 Å². The molecule has 2 aromatic carbocycles. The molecule has 7 heteroatoms. The Balaban J connectivity index is 1.99. The van der Waals surface area contributed by atoms with E-state index in [2.05, 4.69) is 5.32 Å². The number of non-ortho nitro benzene ring substituents is 1. The van der Waals surface area contributed by atoms with Gasteiger partial charge in [0.2, 0.25) is 5.91 Å². The van der Waals surface area contributed by atoms with Crippen molar-refractivity contribution < 1.29 is 19.2 Å². The maximum atomic E-state index is 11.9. The fourth-order valence-electron chi connectivity index (χ4n) is 2.00. The van der Waals surface area contributed by atoms with Crippen LogP contribution in [0.2, 0.25) is 0 Å². The molecule has 0 spiro atoms. The third kappa shape index (κ3) is 5.28. The summed E-state index contributed by atoms with van der Waals surface area (Å²) in [6.45, 7) is 2.01. The summed E-state index contributed by atoms with van der Waals surface area (Å²) in [6, 6.07) is 12.2. The van der Waals surface area contributed by atoms with Crippen LogP contribution < -0.4 is 5.32 Å². The monoisotopic (exact) mass is 340 g/mol. The number of hydrogen-bond donors (Lipinski definition) is 1. The third-order valence-corrected chi connectivity index (χ3v) is 3.17. The van der Waals surface area contributed by atoms with E-state index in [-0.39, 0.29) is 5.69 Å². The van der Waals surface area contributed by atoms with E-state index < -0.39 is 16.8 Å². The van der Waals surface area contributed by atoms with Crippen molar-refractivity contribution in [3.63, 3.8) is 0 Å². The van der Waals surface area contributed by atoms with E-state index in [9.17, 15) is 19.7 Å². The average molecular weight is 340 g/mol. The molecule has 1 N–H and O–H groups in total. The number of hydrogen-bond acceptors (Lipinski definition) is 5. The van der Waals surface area contributed by atoms with Crippen LogP contribution in [-0.2, 0) is 9.53 Å². The van der Waals surface area contributed by atoms with Gasteiger partial charge >= 0.3 is 5.97 Å². The molecule has 2 rings (SSSR count). The zero-order valence-corrected chi connectivity index (χ0v) is 13.5. The summed E-state index contributed by atoms with van der Waals surface area (Å²) in [5.41, 5.74) is 1.41. The molecule has 128 valence electrons. The van der Waals surface area contributed by atoms with Crippen molar-refractivity contribution in [2.24, 2.45) is 0 Å². The lowest BCUT2D eigenvalue weighted by Crippen LogP contribution is -2.08. The van der Waals surface area contributed by atoms with Gasteiger partial charge in [0, 0.05) is 23.9 Å². The normalized spacial score (nSPS) is 10.4. The van der Waals surface area contributed by atoms with Crippen LogP contribution in [-0.4, -0.2) is 23.4 Å². The second kappa shape index (κ2) is 8.39. The molecule has 25 heavy (non-hydrogen) atoms. The van der Waals surface area contributed by atoms with Gasteiger partial charge in [-0.15, -0.1) is 0 Å². The van der Waals surface area contributed by atoms with Crippen molar-refractivity contribution in [2.75, 3.05) is 11.9 Å². The predicted octanol–water partition coefficient (Wildman–Crippen LogP) is 3.42. The summed E-state index contributed by atoms with van der Waals surface area (Å²) in [4.78, 5) is 33.7. The maximum Gasteiger partial charge on any atom is 0.338 e. The minimum absolute atomic E-state index is 0.0443. The van der Waals surface area contributed by atoms with Gasteiger partial charge in [-0.05, 0) is 42.8 Å². The molecule has 0 unspecified atom stereocenters. The van der Waals surface area contributed by atoms with Crippen LogP contribution in [0.4, 0.5) is 11.4 Å². The first-order valence-electron chi connectivity index (χ1n) is 7.50. The van der Waals surface area contributed by atoms with Gasteiger partial charge < -0.3 is 10.1 Å². The molecule has 7 nitrogen and oxygen atoms in total. The number of nitro groups is 1. The second-order valence-corrected chi connectivity index (χ2v) is 4.97. The Bertz CT molecular complexity index is 812. The Hall–Kier alpha value is -3.48. The van der Waals surface area contributed by atoms with E-state index >= 15 is 0 Å². The molecule has 0 bridgehead atoms. The van der Waals surface area contributed by atoms with Crippen LogP contribution in [0.15, 0.2) is 54.6 Å². The van der Waals surface area contributed by atoms with Crippen LogP contribution in [0, 0.1) is 10.1 Å². The van der Waals surface area contributed by atoms with Crippen LogP contribution >= 0.6 is 0 Å². The van der Waals surface area contributed by atoms with Crippen molar-refractivity contribution >= 4 is 29.3 Å². The standard InChI is InChI=1S/C18H16N2O5/c1-2-25-18(22)14-7-9-15(10-8-14)19-17(21)11-6-13-4-3-5-16(12-13)20(23)24/h3-12H,2H2,1H3,(H,19,21)/b11-6+. The van der Waals surface area contributed by atoms with Gasteiger partial charge in [-0.2, -0.15) is 0 Å². The summed E-state index contributed by atoms with van der Waals surface area (Å²) in [5, 5.41) is 13.4. The number of nitrogens with one attached hydrogen (secondary N) is 1. The summed E-state index contributed by atoms with van der Waals surface area (Å²) >= 11 is 0. The number of anilines is 1. The molecule has 0 atom stereocenters. The number of nitrogens with zero attached hydrogens (tertiary/aromatic N) is 1. The Morgan fingerprint density at radius 2 is 1.92 bits per heavy atom. The van der Waals surface area contributed by atoms with Gasteiger partial charge in [0.1, 0.15) is 0 Å². The Morgan fingerprint density at radius 3 is 2.56 bits per heavy atom. The number of amides is 1. The van der Waals surface area contributed by atoms with Gasteiger partial charge in [-0.25, -0.2) is 4.79 Å². The smallest absolute Gasteiger partial charge is 0.338 e. The van der Waals surface area contributed by atoms with Crippen molar-refractivity contribution in [1.82, 2.24) is 0 Å². The van der Waals surface area contributed by atoms with E-state index in [1.165, 1.54) is 24.3 Å². The van der Waals surface area contributed by atoms with E-state index in [0.717, 1.165) is 0 Å². The summed E-state index contributed by atoms with van der Waals surface area (Å²) in [5.74, 6) is -0.818. The quantitative estimate of drug-likeness (QED) is 0.376. The van der Waals surface area contributed by atoms with Crippen molar-refractivity contribution in [3.8, 4) is 0 Å². The number of carbonyl (C=O) groups is 2. The molecule has 0 saturated heterocycles. The molecular weight excluding hydrogens is 324 g/mol. The van der Waals surface area contributed by atoms with Gasteiger partial charge in [-0.3, -0.25) is 14.9 Å². The predicted molar refractivity (Wildman–Crippen MR) is 93.2 cm³/mol. The molecule has 0 aliphatic heterocycles. The van der Waals surface area contributed by atoms with E-state index in [0.29, 0.717) is 23.4 Å². The average Bonchev–Trinajstić information content (AvgIpc) is 2.61. The van der Waals surface area contributed by atoms with Crippen molar-refractivity contribution in [1.29, 1.82) is 0 Å². The fourth-order valence-corrected chi connectivity index (χ4v) is 2.00. The number of rotatable bonds is 6. The van der Waals surface area contributed by atoms with Crippen LogP contribution in [0.1, 0.15) is 22.8 Å². The number of benzene rings is 2. The first kappa shape index (κ1) is 17.9. The zero-order valence-electron chi connectivity index (χ0n) is 13.5. The van der Waals surface area contributed by atoms with Gasteiger partial charge in [0.25, 0.3) is 5.69 Å². The minimum Gasteiger partial charge on any atom is -0.462 e. The first-order chi connectivity index (χ1) is 12.0. The summed E-state index contributed by atoms with van der Waals surface area (Å²) in [7, 11) is 0. The lowest BCUT2D eigenvalue weighted by atomic mass is 10.2. The second-order valence-electron chi connectivity index (χ2n) is 4.97. The Labute approximate surface area is 144 Å². The highest BCUT2D eigenvalue weighted by atomic mass is 16.6. The first-order valence-corrected chi connectivity index (χ1v) is 7.50. The fraction of sp³-hybridized carbons (Fsp3) is 0.111. The highest BCUT2D eigenvalue weighted by Gasteiger charge is 2.07. The Morgan fingerprint density at radius 1 is 1.20 bits per heavy atom. The third-order valence-electron chi connectivity index (χ3n) is 3.17. The van der Waals surface area contributed by atoms with Gasteiger partial charge in [0.15, 0.2) is 0 Å². The summed E-state index contributed by atoms with van der Waals surface area (Å²) in [6.07, 6.45) is 2.76. The van der Waals surface area contributed by atoms with Crippen LogP contribution in [0.3, 0.4) is 0 Å². The highest BCUT2D eigenvalue weighted by molar-refractivity contribution is 6.02. The lowest BCUT2D eigenvalue weighted by Gasteiger charge is -2.04. The molecular formula is C18H16N2O5. The minimum atomic E-state index is -0.498. The van der Waals surface area contributed by atoms with E-state index in [1.807, 2.05) is 0 Å². The molecule has 0 aromatic heterocycles. The number of ether oxygens (including phenoxy) is 1. The van der Waals surface area contributed by atoms with Gasteiger partial charge in [-0.1, -0.05) is 12.1 Å². The molecule has 1 amide bonds. The zero-order chi connectivity index (χ0) is 18.2. The maximum absolute atomic E-state index is 11.9. The Kier molecular flexibility index (Phi) is 6.00. The van der Waals surface area contributed by atoms with Gasteiger partial charge in [0.05, 0.1) is 17.1 Å². The van der Waals surface area contributed by atoms with E-state index in [1.54, 1.807) is 43.3 Å². The topological polar surface area (TPSA) is 98.5 Å². The van der Waals surface area contributed by atoms with Crippen LogP contribution in [0.5, 0.6) is 0 Å². The SMILES string of the molecule is CCOC(=O)c1ccc(NC(=O)/C=C/c2cccc([N+](=O)[O-])c2)cc1. The largest absolute Gasteiger partial charge is 0.462 e. The van der Waals surface area contributed by atoms with Crippen molar-refractivity contribution in [2.45, 2.75) is 6.92 Å². The van der Waals surface area contributed by atoms with Crippen molar-refractivity contribution in [3.05, 3.63) is 75.8 Å². The number of esters is 1. The number of nitro benzene ring substituents is 1. The highest BCUT2D eigenvalue weighted by Crippen LogP contribution is 2.15. The molecule has 0 aliphatic rings. The molecule has 0 aliphatic carbocycles. The number of carbonyl (C=O) groups excluding carboxylic acids is 2. The molecule has 0 heterocycles. The molecule has 0 fully saturated rings. The van der Waals surface area contributed by atoms with Crippen LogP contribution in [0.25, 0.3) is 6.08 Å². The lowest BCUT2D eigenvalue weighted by molar-refractivity contribution is -0.384. The molecule has 2 aromatic rings. The molecule has 0 saturated carbocycles.